The topological polar surface area (TPSA) is 296 Å². The molecule has 0 aromatic heterocycles. The molecule has 152 valence electrons. The van der Waals surface area contributed by atoms with E-state index in [1.54, 1.807) is 0 Å². The number of amides is 2. The van der Waals surface area contributed by atoms with Crippen LogP contribution in [0.2, 0.25) is 0 Å². The minimum absolute atomic E-state index is 0.310. The summed E-state index contributed by atoms with van der Waals surface area (Å²) in [6.45, 7) is 1.33. The van der Waals surface area contributed by atoms with E-state index in [1.165, 1.54) is 6.92 Å². The number of aliphatic carboxylic acids is 3. The molecule has 0 rings (SSSR count). The molecule has 0 aromatic carbocycles. The fourth-order valence-corrected chi connectivity index (χ4v) is 0.814. The van der Waals surface area contributed by atoms with Crippen molar-refractivity contribution in [3.63, 3.8) is 0 Å². The maximum Gasteiger partial charge on any atom is 0.323 e. The number of hydrogen-bond acceptors (Lipinski definition) is 9. The van der Waals surface area contributed by atoms with Crippen molar-refractivity contribution in [2.24, 2.45) is 28.7 Å². The van der Waals surface area contributed by atoms with E-state index in [2.05, 4.69) is 11.5 Å². The van der Waals surface area contributed by atoms with Crippen molar-refractivity contribution < 1.29 is 44.4 Å². The Labute approximate surface area is 147 Å². The molecule has 0 radical (unpaired) electrons. The van der Waals surface area contributed by atoms with Gasteiger partial charge in [0.05, 0.1) is 18.9 Å². The summed E-state index contributed by atoms with van der Waals surface area (Å²) in [5.41, 5.74) is 24.0. The number of nitrogens with two attached hydrogens (primary N) is 5. The molecule has 0 bridgehead atoms. The molecule has 14 nitrogen and oxygen atoms in total. The highest BCUT2D eigenvalue weighted by Gasteiger charge is 2.16. The SMILES string of the molecule is CC(O)C(N)C(=O)O.NC(=O)CC(N)C(=O)O.NC(=O)CC(N)C(=O)O. The quantitative estimate of drug-likeness (QED) is 0.191. The van der Waals surface area contributed by atoms with E-state index < -0.39 is 54.0 Å². The second kappa shape index (κ2) is 14.5. The Morgan fingerprint density at radius 2 is 1.00 bits per heavy atom. The normalized spacial score (nSPS) is 14.0. The summed E-state index contributed by atoms with van der Waals surface area (Å²) >= 11 is 0. The third-order valence-corrected chi connectivity index (χ3v) is 2.28. The molecule has 0 aliphatic rings. The summed E-state index contributed by atoms with van der Waals surface area (Å²) in [4.78, 5) is 49.6. The van der Waals surface area contributed by atoms with Crippen molar-refractivity contribution in [2.45, 2.75) is 44.0 Å². The van der Waals surface area contributed by atoms with Crippen molar-refractivity contribution in [1.29, 1.82) is 0 Å². The average molecular weight is 383 g/mol. The van der Waals surface area contributed by atoms with Crippen LogP contribution in [0.5, 0.6) is 0 Å². The van der Waals surface area contributed by atoms with Gasteiger partial charge in [0.1, 0.15) is 18.1 Å². The first-order valence-electron chi connectivity index (χ1n) is 6.83. The van der Waals surface area contributed by atoms with Gasteiger partial charge >= 0.3 is 17.9 Å². The largest absolute Gasteiger partial charge is 0.480 e. The fourth-order valence-electron chi connectivity index (χ4n) is 0.814. The second-order valence-corrected chi connectivity index (χ2v) is 4.83. The Hall–Kier alpha value is -2.81. The minimum Gasteiger partial charge on any atom is -0.480 e. The molecule has 2 amide bonds. The van der Waals surface area contributed by atoms with Crippen LogP contribution in [0.15, 0.2) is 0 Å². The molecular weight excluding hydrogens is 358 g/mol. The zero-order valence-electron chi connectivity index (χ0n) is 13.9. The summed E-state index contributed by atoms with van der Waals surface area (Å²) in [6.07, 6.45) is -1.60. The van der Waals surface area contributed by atoms with Crippen molar-refractivity contribution in [1.82, 2.24) is 0 Å². The fraction of sp³-hybridized carbons (Fsp3) is 0.583. The molecular formula is C12H25N5O9. The van der Waals surface area contributed by atoms with Gasteiger partial charge in [0.15, 0.2) is 0 Å². The van der Waals surface area contributed by atoms with Crippen LogP contribution in [0.25, 0.3) is 0 Å². The van der Waals surface area contributed by atoms with E-state index in [0.717, 1.165) is 0 Å². The van der Waals surface area contributed by atoms with Gasteiger partial charge in [0.25, 0.3) is 0 Å². The number of carboxylic acid groups (broad SMARTS) is 3. The first-order chi connectivity index (χ1) is 11.6. The molecule has 14 N–H and O–H groups in total. The first kappa shape index (κ1) is 28.0. The lowest BCUT2D eigenvalue weighted by atomic mass is 10.2. The minimum atomic E-state index is -1.21. The molecule has 26 heavy (non-hydrogen) atoms. The zero-order valence-corrected chi connectivity index (χ0v) is 13.9. The Bertz CT molecular complexity index is 465. The van der Waals surface area contributed by atoms with E-state index in [9.17, 15) is 24.0 Å². The molecule has 14 heteroatoms. The number of aliphatic hydroxyl groups excluding tert-OH is 1. The van der Waals surface area contributed by atoms with E-state index >= 15 is 0 Å². The highest BCUT2D eigenvalue weighted by molar-refractivity contribution is 5.83. The third-order valence-electron chi connectivity index (χ3n) is 2.28. The first-order valence-corrected chi connectivity index (χ1v) is 6.83. The summed E-state index contributed by atoms with van der Waals surface area (Å²) < 4.78 is 0. The van der Waals surface area contributed by atoms with Crippen LogP contribution >= 0.6 is 0 Å². The van der Waals surface area contributed by atoms with Gasteiger partial charge in [-0.05, 0) is 6.92 Å². The number of hydrogen-bond donors (Lipinski definition) is 9. The highest BCUT2D eigenvalue weighted by Crippen LogP contribution is 1.86. The zero-order chi connectivity index (χ0) is 21.6. The van der Waals surface area contributed by atoms with Gasteiger partial charge in [0, 0.05) is 0 Å². The maximum absolute atomic E-state index is 9.99. The van der Waals surface area contributed by atoms with Gasteiger partial charge in [-0.1, -0.05) is 0 Å². The van der Waals surface area contributed by atoms with Gasteiger partial charge in [-0.25, -0.2) is 0 Å². The Balaban J connectivity index is -0.000000306. The maximum atomic E-state index is 9.99. The van der Waals surface area contributed by atoms with Crippen molar-refractivity contribution in [2.75, 3.05) is 0 Å². The summed E-state index contributed by atoms with van der Waals surface area (Å²) in [5, 5.41) is 32.7. The smallest absolute Gasteiger partial charge is 0.323 e. The standard InChI is InChI=1S/2C4H8N2O3.C4H9NO3/c2*5-2(4(8)9)1-3(6)7;1-2(6)3(5)4(7)8/h2*2H,1,5H2,(H2,6,7)(H,8,9);2-3,6H,5H2,1H3,(H,7,8). The molecule has 4 atom stereocenters. The van der Waals surface area contributed by atoms with E-state index in [4.69, 9.17) is 37.6 Å². The van der Waals surface area contributed by atoms with Crippen LogP contribution in [-0.4, -0.2) is 74.4 Å². The monoisotopic (exact) mass is 383 g/mol. The van der Waals surface area contributed by atoms with Gasteiger partial charge in [-0.2, -0.15) is 0 Å². The van der Waals surface area contributed by atoms with Gasteiger partial charge in [-0.15, -0.1) is 0 Å². The lowest BCUT2D eigenvalue weighted by Gasteiger charge is -2.06. The second-order valence-electron chi connectivity index (χ2n) is 4.83. The van der Waals surface area contributed by atoms with Crippen molar-refractivity contribution in [3.8, 4) is 0 Å². The molecule has 0 heterocycles. The molecule has 0 saturated heterocycles. The van der Waals surface area contributed by atoms with Gasteiger partial charge in [0.2, 0.25) is 11.8 Å². The van der Waals surface area contributed by atoms with Crippen LogP contribution in [0.1, 0.15) is 19.8 Å². The third kappa shape index (κ3) is 19.2. The van der Waals surface area contributed by atoms with Crippen LogP contribution in [-0.2, 0) is 24.0 Å². The average Bonchev–Trinajstić information content (AvgIpc) is 2.45. The van der Waals surface area contributed by atoms with Crippen LogP contribution in [0, 0.1) is 0 Å². The van der Waals surface area contributed by atoms with E-state index in [0.29, 0.717) is 0 Å². The van der Waals surface area contributed by atoms with E-state index in [1.807, 2.05) is 0 Å². The lowest BCUT2D eigenvalue weighted by molar-refractivity contribution is -0.141. The molecule has 0 saturated carbocycles. The summed E-state index contributed by atoms with van der Waals surface area (Å²) in [5.74, 6) is -5.02. The van der Waals surface area contributed by atoms with Crippen LogP contribution in [0.4, 0.5) is 0 Å². The highest BCUT2D eigenvalue weighted by atomic mass is 16.4. The van der Waals surface area contributed by atoms with Crippen molar-refractivity contribution >= 4 is 29.7 Å². The van der Waals surface area contributed by atoms with Crippen LogP contribution in [0.3, 0.4) is 0 Å². The Morgan fingerprint density at radius 3 is 1.04 bits per heavy atom. The summed E-state index contributed by atoms with van der Waals surface area (Å²) in [7, 11) is 0. The predicted molar refractivity (Wildman–Crippen MR) is 86.1 cm³/mol. The molecule has 0 aliphatic carbocycles. The molecule has 4 unspecified atom stereocenters. The summed E-state index contributed by atoms with van der Waals surface area (Å²) in [6, 6.07) is -3.49. The number of carbonyl (C=O) groups excluding carboxylic acids is 2. The van der Waals surface area contributed by atoms with Crippen LogP contribution < -0.4 is 28.7 Å². The molecule has 0 aromatic rings. The Kier molecular flexibility index (Phi) is 15.7. The number of primary amides is 2. The number of carbonyl (C=O) groups is 5. The number of aliphatic hydroxyl groups is 1. The van der Waals surface area contributed by atoms with E-state index in [-0.39, 0.29) is 12.8 Å². The number of carboxylic acids is 3. The number of rotatable bonds is 8. The lowest BCUT2D eigenvalue weighted by Crippen LogP contribution is -2.39. The Morgan fingerprint density at radius 1 is 0.731 bits per heavy atom. The van der Waals surface area contributed by atoms with Crippen molar-refractivity contribution in [3.05, 3.63) is 0 Å². The predicted octanol–water partition coefficient (Wildman–Crippen LogP) is -4.67. The molecule has 0 spiro atoms. The molecule has 0 aliphatic heterocycles. The molecule has 0 fully saturated rings. The van der Waals surface area contributed by atoms with Gasteiger partial charge < -0.3 is 49.1 Å². The van der Waals surface area contributed by atoms with Gasteiger partial charge in [-0.3, -0.25) is 24.0 Å².